The lowest BCUT2D eigenvalue weighted by Gasteiger charge is -2.04. The second-order valence-corrected chi connectivity index (χ2v) is 5.93. The lowest BCUT2D eigenvalue weighted by molar-refractivity contribution is 0.472. The molecule has 0 unspecified atom stereocenters. The maximum Gasteiger partial charge on any atom is 0.299 e. The van der Waals surface area contributed by atoms with E-state index in [4.69, 9.17) is 4.74 Å². The summed E-state index contributed by atoms with van der Waals surface area (Å²) in [6.45, 7) is 8.12. The molecule has 0 fully saturated rings. The fourth-order valence-electron chi connectivity index (χ4n) is 1.60. The summed E-state index contributed by atoms with van der Waals surface area (Å²) in [5, 5.41) is 13.0. The Balaban J connectivity index is 1.90. The Morgan fingerprint density at radius 1 is 1.32 bits per heavy atom. The number of aryl methyl sites for hydroxylation is 1. The number of nitrogens with one attached hydrogen (secondary N) is 1. The Morgan fingerprint density at radius 2 is 2.16 bits per heavy atom. The van der Waals surface area contributed by atoms with E-state index in [1.54, 1.807) is 0 Å². The average molecular weight is 277 g/mol. The first kappa shape index (κ1) is 14.0. The molecule has 0 aliphatic carbocycles. The van der Waals surface area contributed by atoms with Gasteiger partial charge in [0.25, 0.3) is 5.19 Å². The quantitative estimate of drug-likeness (QED) is 0.879. The van der Waals surface area contributed by atoms with Crippen molar-refractivity contribution < 1.29 is 4.74 Å². The number of benzene rings is 1. The molecular weight excluding hydrogens is 258 g/mol. The Morgan fingerprint density at radius 3 is 2.89 bits per heavy atom. The first-order chi connectivity index (χ1) is 9.13. The van der Waals surface area contributed by atoms with Gasteiger partial charge in [-0.05, 0) is 37.1 Å². The van der Waals surface area contributed by atoms with Crippen LogP contribution in [0.4, 0.5) is 0 Å². The second-order valence-electron chi connectivity index (χ2n) is 4.91. The van der Waals surface area contributed by atoms with E-state index >= 15 is 0 Å². The standard InChI is InChI=1S/C14H19N3OS/c1-10(2)8-15-9-13-16-17-14(19-13)18-12-6-4-5-11(3)7-12/h4-7,10,15H,8-9H2,1-3H3. The number of aromatic nitrogens is 2. The van der Waals surface area contributed by atoms with Crippen LogP contribution in [0, 0.1) is 12.8 Å². The van der Waals surface area contributed by atoms with Gasteiger partial charge in [-0.2, -0.15) is 0 Å². The highest BCUT2D eigenvalue weighted by Gasteiger charge is 2.06. The largest absolute Gasteiger partial charge is 0.430 e. The molecule has 0 amide bonds. The molecule has 1 N–H and O–H groups in total. The van der Waals surface area contributed by atoms with Crippen LogP contribution in [-0.2, 0) is 6.54 Å². The van der Waals surface area contributed by atoms with E-state index in [1.165, 1.54) is 16.9 Å². The predicted molar refractivity (Wildman–Crippen MR) is 77.7 cm³/mol. The third kappa shape index (κ3) is 4.61. The van der Waals surface area contributed by atoms with E-state index in [1.807, 2.05) is 31.2 Å². The van der Waals surface area contributed by atoms with E-state index in [0.29, 0.717) is 11.1 Å². The summed E-state index contributed by atoms with van der Waals surface area (Å²) in [5.74, 6) is 1.44. The van der Waals surface area contributed by atoms with E-state index in [2.05, 4.69) is 29.4 Å². The molecule has 0 aliphatic heterocycles. The van der Waals surface area contributed by atoms with E-state index in [9.17, 15) is 0 Å². The summed E-state index contributed by atoms with van der Waals surface area (Å²) in [6, 6.07) is 7.91. The maximum absolute atomic E-state index is 5.68. The van der Waals surface area contributed by atoms with Gasteiger partial charge >= 0.3 is 0 Å². The molecule has 2 rings (SSSR count). The molecule has 0 bridgehead atoms. The van der Waals surface area contributed by atoms with Gasteiger partial charge < -0.3 is 10.1 Å². The number of hydrogen-bond donors (Lipinski definition) is 1. The van der Waals surface area contributed by atoms with Crippen molar-refractivity contribution in [1.29, 1.82) is 0 Å². The molecule has 2 aromatic rings. The van der Waals surface area contributed by atoms with Crippen LogP contribution in [0.2, 0.25) is 0 Å². The van der Waals surface area contributed by atoms with Gasteiger partial charge in [-0.1, -0.05) is 42.4 Å². The van der Waals surface area contributed by atoms with Crippen LogP contribution in [0.1, 0.15) is 24.4 Å². The van der Waals surface area contributed by atoms with Crippen molar-refractivity contribution in [3.63, 3.8) is 0 Å². The van der Waals surface area contributed by atoms with Gasteiger partial charge in [0.15, 0.2) is 0 Å². The van der Waals surface area contributed by atoms with E-state index in [-0.39, 0.29) is 0 Å². The zero-order chi connectivity index (χ0) is 13.7. The van der Waals surface area contributed by atoms with Crippen molar-refractivity contribution in [2.45, 2.75) is 27.3 Å². The van der Waals surface area contributed by atoms with Crippen molar-refractivity contribution in [2.75, 3.05) is 6.54 Å². The van der Waals surface area contributed by atoms with Crippen molar-refractivity contribution >= 4 is 11.3 Å². The summed E-state index contributed by atoms with van der Waals surface area (Å²) < 4.78 is 5.68. The zero-order valence-electron chi connectivity index (χ0n) is 11.5. The highest BCUT2D eigenvalue weighted by atomic mass is 32.1. The Hall–Kier alpha value is -1.46. The normalized spacial score (nSPS) is 10.9. The van der Waals surface area contributed by atoms with Crippen LogP contribution in [0.3, 0.4) is 0 Å². The van der Waals surface area contributed by atoms with Gasteiger partial charge in [0.2, 0.25) is 0 Å². The SMILES string of the molecule is Cc1cccc(Oc2nnc(CNCC(C)C)s2)c1. The summed E-state index contributed by atoms with van der Waals surface area (Å²) in [7, 11) is 0. The van der Waals surface area contributed by atoms with Gasteiger partial charge in [0.05, 0.1) is 0 Å². The van der Waals surface area contributed by atoms with Gasteiger partial charge in [0, 0.05) is 6.54 Å². The maximum atomic E-state index is 5.68. The van der Waals surface area contributed by atoms with Crippen molar-refractivity contribution in [1.82, 2.24) is 15.5 Å². The summed E-state index contributed by atoms with van der Waals surface area (Å²) in [5.41, 5.74) is 1.17. The molecule has 102 valence electrons. The molecule has 1 aromatic carbocycles. The summed E-state index contributed by atoms with van der Waals surface area (Å²) in [6.07, 6.45) is 0. The molecule has 19 heavy (non-hydrogen) atoms. The van der Waals surface area contributed by atoms with E-state index in [0.717, 1.165) is 23.8 Å². The summed E-state index contributed by atoms with van der Waals surface area (Å²) >= 11 is 1.48. The minimum atomic E-state index is 0.590. The van der Waals surface area contributed by atoms with Crippen LogP contribution >= 0.6 is 11.3 Å². The highest BCUT2D eigenvalue weighted by Crippen LogP contribution is 2.25. The lowest BCUT2D eigenvalue weighted by Crippen LogP contribution is -2.18. The van der Waals surface area contributed by atoms with Crippen LogP contribution in [0.5, 0.6) is 10.9 Å². The molecule has 0 spiro atoms. The fraction of sp³-hybridized carbons (Fsp3) is 0.429. The molecule has 1 heterocycles. The molecule has 0 saturated heterocycles. The third-order valence-electron chi connectivity index (χ3n) is 2.47. The minimum absolute atomic E-state index is 0.590. The fourth-order valence-corrected chi connectivity index (χ4v) is 2.28. The predicted octanol–water partition coefficient (Wildman–Crippen LogP) is 3.38. The Kier molecular flexibility index (Phi) is 4.87. The molecular formula is C14H19N3OS. The van der Waals surface area contributed by atoms with Crippen molar-refractivity contribution in [2.24, 2.45) is 5.92 Å². The topological polar surface area (TPSA) is 47.0 Å². The number of rotatable bonds is 6. The minimum Gasteiger partial charge on any atom is -0.430 e. The molecule has 0 aliphatic rings. The van der Waals surface area contributed by atoms with Crippen LogP contribution < -0.4 is 10.1 Å². The summed E-state index contributed by atoms with van der Waals surface area (Å²) in [4.78, 5) is 0. The molecule has 1 aromatic heterocycles. The third-order valence-corrected chi connectivity index (χ3v) is 3.27. The molecule has 5 heteroatoms. The molecule has 4 nitrogen and oxygen atoms in total. The first-order valence-corrected chi connectivity index (χ1v) is 7.23. The molecule has 0 saturated carbocycles. The monoisotopic (exact) mass is 277 g/mol. The first-order valence-electron chi connectivity index (χ1n) is 6.41. The smallest absolute Gasteiger partial charge is 0.299 e. The van der Waals surface area contributed by atoms with Gasteiger partial charge in [-0.3, -0.25) is 0 Å². The average Bonchev–Trinajstić information content (AvgIpc) is 2.76. The second kappa shape index (κ2) is 6.63. The molecule has 0 atom stereocenters. The number of nitrogens with zero attached hydrogens (tertiary/aromatic N) is 2. The van der Waals surface area contributed by atoms with Crippen LogP contribution in [0.25, 0.3) is 0 Å². The van der Waals surface area contributed by atoms with Gasteiger partial charge in [-0.25, -0.2) is 0 Å². The van der Waals surface area contributed by atoms with Gasteiger partial charge in [0.1, 0.15) is 10.8 Å². The van der Waals surface area contributed by atoms with Crippen molar-refractivity contribution in [3.8, 4) is 10.9 Å². The van der Waals surface area contributed by atoms with E-state index < -0.39 is 0 Å². The Bertz CT molecular complexity index is 525. The lowest BCUT2D eigenvalue weighted by atomic mass is 10.2. The van der Waals surface area contributed by atoms with Crippen molar-refractivity contribution in [3.05, 3.63) is 34.8 Å². The zero-order valence-corrected chi connectivity index (χ0v) is 12.3. The number of hydrogen-bond acceptors (Lipinski definition) is 5. The highest BCUT2D eigenvalue weighted by molar-refractivity contribution is 7.13. The van der Waals surface area contributed by atoms with Crippen LogP contribution in [-0.4, -0.2) is 16.7 Å². The molecule has 0 radical (unpaired) electrons. The van der Waals surface area contributed by atoms with Crippen LogP contribution in [0.15, 0.2) is 24.3 Å². The number of ether oxygens (including phenoxy) is 1. The van der Waals surface area contributed by atoms with Gasteiger partial charge in [-0.15, -0.1) is 5.10 Å². The Labute approximate surface area is 117 Å².